The lowest BCUT2D eigenvalue weighted by Gasteiger charge is -2.32. The van der Waals surface area contributed by atoms with Crippen LogP contribution in [0.4, 0.5) is 8.78 Å². The molecule has 0 saturated carbocycles. The van der Waals surface area contributed by atoms with E-state index in [1.54, 1.807) is 24.3 Å². The largest absolute Gasteiger partial charge is 0.498 e. The molecular formula is C18H21BF2N2O3. The smallest absolute Gasteiger partial charge is 0.399 e. The van der Waals surface area contributed by atoms with Gasteiger partial charge in [-0.15, -0.1) is 0 Å². The number of hydrogen-bond donors (Lipinski definition) is 0. The number of rotatable bonds is 4. The quantitative estimate of drug-likeness (QED) is 0.619. The van der Waals surface area contributed by atoms with Gasteiger partial charge in [0.15, 0.2) is 5.78 Å². The van der Waals surface area contributed by atoms with Crippen LogP contribution in [0.2, 0.25) is 0 Å². The average molecular weight is 362 g/mol. The summed E-state index contributed by atoms with van der Waals surface area (Å²) in [4.78, 5) is 11.4. The number of benzene rings is 1. The van der Waals surface area contributed by atoms with Gasteiger partial charge in [0.1, 0.15) is 5.69 Å². The molecule has 0 unspecified atom stereocenters. The van der Waals surface area contributed by atoms with Gasteiger partial charge in [-0.25, -0.2) is 13.5 Å². The molecule has 0 N–H and O–H groups in total. The predicted octanol–water partition coefficient (Wildman–Crippen LogP) is 3.31. The molecule has 1 aromatic heterocycles. The van der Waals surface area contributed by atoms with Gasteiger partial charge in [-0.1, -0.05) is 0 Å². The predicted molar refractivity (Wildman–Crippen MR) is 94.2 cm³/mol. The standard InChI is InChI=1S/C18H21BF2N2O3/c1-11(24)12-6-8-13(9-7-12)23-10-14(15(22-23)16(20)21)19-25-17(2,3)18(4,5)26-19/h6-10,16H,1-5H3. The van der Waals surface area contributed by atoms with Gasteiger partial charge in [0.2, 0.25) is 0 Å². The summed E-state index contributed by atoms with van der Waals surface area (Å²) in [5.41, 5.74) is -0.334. The molecule has 26 heavy (non-hydrogen) atoms. The van der Waals surface area contributed by atoms with Crippen molar-refractivity contribution >= 4 is 18.4 Å². The first kappa shape index (κ1) is 18.7. The maximum absolute atomic E-state index is 13.5. The molecule has 5 nitrogen and oxygen atoms in total. The molecule has 2 heterocycles. The molecule has 1 aliphatic heterocycles. The van der Waals surface area contributed by atoms with Crippen molar-refractivity contribution in [1.82, 2.24) is 9.78 Å². The maximum Gasteiger partial charge on any atom is 0.498 e. The van der Waals surface area contributed by atoms with Crippen molar-refractivity contribution in [3.63, 3.8) is 0 Å². The second-order valence-corrected chi connectivity index (χ2v) is 7.41. The van der Waals surface area contributed by atoms with E-state index in [1.165, 1.54) is 17.8 Å². The van der Waals surface area contributed by atoms with Gasteiger partial charge in [0.25, 0.3) is 6.43 Å². The Bertz CT molecular complexity index is 815. The van der Waals surface area contributed by atoms with E-state index in [0.29, 0.717) is 11.3 Å². The van der Waals surface area contributed by atoms with Crippen molar-refractivity contribution < 1.29 is 22.9 Å². The van der Waals surface area contributed by atoms with E-state index in [-0.39, 0.29) is 16.9 Å². The van der Waals surface area contributed by atoms with Crippen LogP contribution in [0, 0.1) is 0 Å². The Morgan fingerprint density at radius 1 is 1.12 bits per heavy atom. The third kappa shape index (κ3) is 3.19. The van der Waals surface area contributed by atoms with E-state index in [4.69, 9.17) is 9.31 Å². The van der Waals surface area contributed by atoms with Gasteiger partial charge in [-0.2, -0.15) is 5.10 Å². The Balaban J connectivity index is 1.99. The molecule has 0 aliphatic carbocycles. The maximum atomic E-state index is 13.5. The summed E-state index contributed by atoms with van der Waals surface area (Å²) >= 11 is 0. The van der Waals surface area contributed by atoms with Gasteiger partial charge in [-0.3, -0.25) is 4.79 Å². The van der Waals surface area contributed by atoms with E-state index >= 15 is 0 Å². The Kier molecular flexibility index (Phi) is 4.52. The number of alkyl halides is 2. The molecule has 3 rings (SSSR count). The van der Waals surface area contributed by atoms with Gasteiger partial charge in [0.05, 0.1) is 16.9 Å². The Labute approximate surface area is 151 Å². The SMILES string of the molecule is CC(=O)c1ccc(-n2cc(B3OC(C)(C)C(C)(C)O3)c(C(F)F)n2)cc1. The van der Waals surface area contributed by atoms with Crippen LogP contribution in [0.25, 0.3) is 5.69 Å². The number of nitrogens with zero attached hydrogens (tertiary/aromatic N) is 2. The molecule has 0 atom stereocenters. The molecule has 1 fully saturated rings. The Morgan fingerprint density at radius 3 is 2.12 bits per heavy atom. The normalized spacial score (nSPS) is 18.5. The molecule has 138 valence electrons. The summed E-state index contributed by atoms with van der Waals surface area (Å²) in [6.07, 6.45) is -1.27. The molecule has 1 aliphatic rings. The number of carbonyl (C=O) groups is 1. The van der Waals surface area contributed by atoms with Crippen molar-refractivity contribution in [2.45, 2.75) is 52.2 Å². The lowest BCUT2D eigenvalue weighted by atomic mass is 9.79. The number of carbonyl (C=O) groups excluding carboxylic acids is 1. The van der Waals surface area contributed by atoms with Crippen molar-refractivity contribution in [2.24, 2.45) is 0 Å². The van der Waals surface area contributed by atoms with Crippen LogP contribution in [-0.2, 0) is 9.31 Å². The number of aromatic nitrogens is 2. The molecular weight excluding hydrogens is 341 g/mol. The highest BCUT2D eigenvalue weighted by Crippen LogP contribution is 2.37. The molecule has 2 aromatic rings. The zero-order valence-corrected chi connectivity index (χ0v) is 15.4. The first-order chi connectivity index (χ1) is 12.0. The van der Waals surface area contributed by atoms with Crippen LogP contribution in [0.15, 0.2) is 30.5 Å². The summed E-state index contributed by atoms with van der Waals surface area (Å²) < 4.78 is 40.2. The van der Waals surface area contributed by atoms with E-state index in [0.717, 1.165) is 0 Å². The van der Waals surface area contributed by atoms with E-state index in [1.807, 2.05) is 27.7 Å². The lowest BCUT2D eigenvalue weighted by molar-refractivity contribution is 0.00578. The molecule has 0 radical (unpaired) electrons. The highest BCUT2D eigenvalue weighted by molar-refractivity contribution is 6.62. The minimum absolute atomic E-state index is 0.0665. The fourth-order valence-corrected chi connectivity index (χ4v) is 2.70. The van der Waals surface area contributed by atoms with Crippen LogP contribution in [0.3, 0.4) is 0 Å². The highest BCUT2D eigenvalue weighted by Gasteiger charge is 2.53. The summed E-state index contributed by atoms with van der Waals surface area (Å²) in [5, 5.41) is 4.02. The van der Waals surface area contributed by atoms with Crippen LogP contribution in [0.5, 0.6) is 0 Å². The van der Waals surface area contributed by atoms with Crippen molar-refractivity contribution in [3.8, 4) is 5.69 Å². The van der Waals surface area contributed by atoms with Crippen molar-refractivity contribution in [2.75, 3.05) is 0 Å². The highest BCUT2D eigenvalue weighted by atomic mass is 19.3. The van der Waals surface area contributed by atoms with Crippen molar-refractivity contribution in [3.05, 3.63) is 41.7 Å². The van der Waals surface area contributed by atoms with E-state index in [2.05, 4.69) is 5.10 Å². The third-order valence-corrected chi connectivity index (χ3v) is 5.02. The second kappa shape index (κ2) is 6.28. The van der Waals surface area contributed by atoms with Crippen molar-refractivity contribution in [1.29, 1.82) is 0 Å². The molecule has 8 heteroatoms. The first-order valence-corrected chi connectivity index (χ1v) is 8.36. The van der Waals surface area contributed by atoms with Gasteiger partial charge in [-0.05, 0) is 58.9 Å². The minimum atomic E-state index is -2.76. The lowest BCUT2D eigenvalue weighted by Crippen LogP contribution is -2.41. The molecule has 0 spiro atoms. The fourth-order valence-electron chi connectivity index (χ4n) is 2.70. The third-order valence-electron chi connectivity index (χ3n) is 5.02. The second-order valence-electron chi connectivity index (χ2n) is 7.41. The summed E-state index contributed by atoms with van der Waals surface area (Å²) in [6.45, 7) is 8.91. The van der Waals surface area contributed by atoms with E-state index in [9.17, 15) is 13.6 Å². The zero-order chi connectivity index (χ0) is 19.3. The van der Waals surface area contributed by atoms with Gasteiger partial charge in [0, 0.05) is 17.2 Å². The van der Waals surface area contributed by atoms with Crippen LogP contribution < -0.4 is 5.46 Å². The number of Topliss-reactive ketones (excluding diaryl/α,β-unsaturated/α-hetero) is 1. The van der Waals surface area contributed by atoms with E-state index < -0.39 is 24.7 Å². The Morgan fingerprint density at radius 2 is 1.65 bits per heavy atom. The van der Waals surface area contributed by atoms with Crippen LogP contribution in [0.1, 0.15) is 57.1 Å². The molecule has 0 amide bonds. The van der Waals surface area contributed by atoms with Gasteiger partial charge >= 0.3 is 7.12 Å². The fraction of sp³-hybridized carbons (Fsp3) is 0.444. The molecule has 1 saturated heterocycles. The van der Waals surface area contributed by atoms with Crippen LogP contribution in [-0.4, -0.2) is 33.9 Å². The summed E-state index contributed by atoms with van der Waals surface area (Å²) in [5.74, 6) is -0.0665. The summed E-state index contributed by atoms with van der Waals surface area (Å²) in [7, 11) is -0.922. The van der Waals surface area contributed by atoms with Crippen LogP contribution >= 0.6 is 0 Å². The summed E-state index contributed by atoms with van der Waals surface area (Å²) in [6, 6.07) is 6.59. The minimum Gasteiger partial charge on any atom is -0.399 e. The molecule has 0 bridgehead atoms. The number of hydrogen-bond acceptors (Lipinski definition) is 4. The Hall–Kier alpha value is -2.06. The first-order valence-electron chi connectivity index (χ1n) is 8.36. The number of ketones is 1. The number of halogens is 2. The topological polar surface area (TPSA) is 53.4 Å². The zero-order valence-electron chi connectivity index (χ0n) is 15.4. The van der Waals surface area contributed by atoms with Gasteiger partial charge < -0.3 is 9.31 Å². The monoisotopic (exact) mass is 362 g/mol. The molecule has 1 aromatic carbocycles. The average Bonchev–Trinajstić information content (AvgIpc) is 3.07.